The van der Waals surface area contributed by atoms with Gasteiger partial charge in [0.05, 0.1) is 0 Å². The minimum Gasteiger partial charge on any atom is -0.299 e. The van der Waals surface area contributed by atoms with E-state index in [2.05, 4.69) is 0 Å². The molecule has 66 valence electrons. The number of carbonyl (C=O) groups excluding carboxylic acids is 1. The SMILES string of the molecule is O=C1[C@@H]2CC3C[C@H]1CC(Cl)(C3)C2. The molecular formula is C10H13ClO. The topological polar surface area (TPSA) is 17.1 Å². The van der Waals surface area contributed by atoms with Gasteiger partial charge >= 0.3 is 0 Å². The molecule has 2 unspecified atom stereocenters. The molecule has 4 bridgehead atoms. The molecule has 0 aromatic carbocycles. The molecule has 4 saturated carbocycles. The van der Waals surface area contributed by atoms with Crippen molar-refractivity contribution in [1.29, 1.82) is 0 Å². The minimum absolute atomic E-state index is 0.0322. The smallest absolute Gasteiger partial charge is 0.139 e. The Hall–Kier alpha value is -0.0400. The molecule has 0 spiro atoms. The maximum absolute atomic E-state index is 11.7. The molecule has 0 saturated heterocycles. The second-order valence-corrected chi connectivity index (χ2v) is 5.70. The van der Waals surface area contributed by atoms with E-state index in [9.17, 15) is 4.79 Å². The summed E-state index contributed by atoms with van der Waals surface area (Å²) in [4.78, 5) is 11.7. The Morgan fingerprint density at radius 3 is 2.25 bits per heavy atom. The molecule has 4 atom stereocenters. The molecule has 4 aliphatic carbocycles. The summed E-state index contributed by atoms with van der Waals surface area (Å²) in [6, 6.07) is 0. The lowest BCUT2D eigenvalue weighted by Crippen LogP contribution is -2.52. The Bertz CT molecular complexity index is 230. The largest absolute Gasteiger partial charge is 0.299 e. The van der Waals surface area contributed by atoms with Gasteiger partial charge in [0.1, 0.15) is 5.78 Å². The van der Waals surface area contributed by atoms with Crippen molar-refractivity contribution in [3.05, 3.63) is 0 Å². The predicted molar refractivity (Wildman–Crippen MR) is 47.1 cm³/mol. The third kappa shape index (κ3) is 0.834. The highest BCUT2D eigenvalue weighted by atomic mass is 35.5. The molecule has 12 heavy (non-hydrogen) atoms. The van der Waals surface area contributed by atoms with E-state index in [1.807, 2.05) is 0 Å². The van der Waals surface area contributed by atoms with Crippen LogP contribution in [0.25, 0.3) is 0 Å². The normalized spacial score (nSPS) is 56.4. The lowest BCUT2D eigenvalue weighted by atomic mass is 9.55. The fourth-order valence-electron chi connectivity index (χ4n) is 3.65. The number of rotatable bonds is 0. The lowest BCUT2D eigenvalue weighted by molar-refractivity contribution is -0.138. The highest BCUT2D eigenvalue weighted by Crippen LogP contribution is 2.56. The molecule has 0 aromatic heterocycles. The van der Waals surface area contributed by atoms with Crippen molar-refractivity contribution < 1.29 is 4.79 Å². The standard InChI is InChI=1S/C10H13ClO/c11-10-3-6-1-7(4-10)9(12)8(2-6)5-10/h6-8H,1-5H2/t6?,7-,8+,10?. The first kappa shape index (κ1) is 7.37. The molecule has 2 heteroatoms. The first-order chi connectivity index (χ1) is 5.66. The van der Waals surface area contributed by atoms with Crippen molar-refractivity contribution in [2.45, 2.75) is 37.0 Å². The maximum Gasteiger partial charge on any atom is 0.139 e. The van der Waals surface area contributed by atoms with E-state index in [-0.39, 0.29) is 4.87 Å². The van der Waals surface area contributed by atoms with Crippen LogP contribution in [0.1, 0.15) is 32.1 Å². The van der Waals surface area contributed by atoms with Crippen LogP contribution >= 0.6 is 11.6 Å². The quantitative estimate of drug-likeness (QED) is 0.529. The van der Waals surface area contributed by atoms with Crippen LogP contribution in [0.3, 0.4) is 0 Å². The zero-order chi connectivity index (χ0) is 8.34. The Morgan fingerprint density at radius 1 is 1.17 bits per heavy atom. The highest BCUT2D eigenvalue weighted by Gasteiger charge is 2.54. The maximum atomic E-state index is 11.7. The number of ketones is 1. The summed E-state index contributed by atoms with van der Waals surface area (Å²) in [7, 11) is 0. The third-order valence-electron chi connectivity index (χ3n) is 3.92. The molecule has 0 aromatic rings. The Kier molecular flexibility index (Phi) is 1.27. The molecular weight excluding hydrogens is 172 g/mol. The number of hydrogen-bond donors (Lipinski definition) is 0. The fourth-order valence-corrected chi connectivity index (χ4v) is 4.24. The number of hydrogen-bond acceptors (Lipinski definition) is 1. The average Bonchev–Trinajstić information content (AvgIpc) is 1.96. The van der Waals surface area contributed by atoms with Gasteiger partial charge in [-0.15, -0.1) is 11.6 Å². The van der Waals surface area contributed by atoms with Crippen molar-refractivity contribution in [3.8, 4) is 0 Å². The van der Waals surface area contributed by atoms with Crippen LogP contribution in [0.15, 0.2) is 0 Å². The number of carbonyl (C=O) groups is 1. The van der Waals surface area contributed by atoms with Crippen molar-refractivity contribution in [3.63, 3.8) is 0 Å². The van der Waals surface area contributed by atoms with Gasteiger partial charge in [-0.05, 0) is 38.0 Å². The third-order valence-corrected chi connectivity index (χ3v) is 4.38. The first-order valence-electron chi connectivity index (χ1n) is 4.89. The lowest BCUT2D eigenvalue weighted by Gasteiger charge is -2.52. The van der Waals surface area contributed by atoms with E-state index < -0.39 is 0 Å². The Morgan fingerprint density at radius 2 is 1.75 bits per heavy atom. The monoisotopic (exact) mass is 184 g/mol. The van der Waals surface area contributed by atoms with E-state index in [1.54, 1.807) is 0 Å². The van der Waals surface area contributed by atoms with Crippen LogP contribution in [-0.2, 0) is 4.79 Å². The van der Waals surface area contributed by atoms with Crippen molar-refractivity contribution in [1.82, 2.24) is 0 Å². The molecule has 1 nitrogen and oxygen atoms in total. The number of halogens is 1. The van der Waals surface area contributed by atoms with Gasteiger partial charge in [-0.3, -0.25) is 4.79 Å². The Labute approximate surface area is 77.5 Å². The zero-order valence-corrected chi connectivity index (χ0v) is 7.81. The predicted octanol–water partition coefficient (Wildman–Crippen LogP) is 2.37. The Balaban J connectivity index is 2.00. The van der Waals surface area contributed by atoms with E-state index in [0.29, 0.717) is 17.6 Å². The van der Waals surface area contributed by atoms with E-state index in [0.717, 1.165) is 31.6 Å². The fraction of sp³-hybridized carbons (Fsp3) is 0.900. The minimum atomic E-state index is 0.0322. The van der Waals surface area contributed by atoms with Gasteiger partial charge < -0.3 is 0 Å². The summed E-state index contributed by atoms with van der Waals surface area (Å²) in [5.41, 5.74) is 0. The van der Waals surface area contributed by atoms with Gasteiger partial charge in [-0.2, -0.15) is 0 Å². The van der Waals surface area contributed by atoms with Crippen molar-refractivity contribution in [2.75, 3.05) is 0 Å². The molecule has 0 aliphatic heterocycles. The van der Waals surface area contributed by atoms with Gasteiger partial charge in [-0.1, -0.05) is 0 Å². The van der Waals surface area contributed by atoms with Crippen LogP contribution in [0.2, 0.25) is 0 Å². The summed E-state index contributed by atoms with van der Waals surface area (Å²) in [5, 5.41) is 0. The van der Waals surface area contributed by atoms with Crippen molar-refractivity contribution in [2.24, 2.45) is 17.8 Å². The number of alkyl halides is 1. The second-order valence-electron chi connectivity index (χ2n) is 4.90. The summed E-state index contributed by atoms with van der Waals surface area (Å²) in [6.45, 7) is 0. The summed E-state index contributed by atoms with van der Waals surface area (Å²) in [5.74, 6) is 1.99. The molecule has 4 aliphatic rings. The van der Waals surface area contributed by atoms with E-state index >= 15 is 0 Å². The van der Waals surface area contributed by atoms with Gasteiger partial charge in [0.2, 0.25) is 0 Å². The first-order valence-corrected chi connectivity index (χ1v) is 5.27. The summed E-state index contributed by atoms with van der Waals surface area (Å²) < 4.78 is 0. The number of Topliss-reactive ketones (excluding diaryl/α,β-unsaturated/α-hetero) is 1. The van der Waals surface area contributed by atoms with E-state index in [4.69, 9.17) is 11.6 Å². The molecule has 0 radical (unpaired) electrons. The molecule has 0 N–H and O–H groups in total. The van der Waals surface area contributed by atoms with Gasteiger partial charge in [0, 0.05) is 16.7 Å². The molecule has 0 heterocycles. The van der Waals surface area contributed by atoms with Gasteiger partial charge in [0.25, 0.3) is 0 Å². The highest BCUT2D eigenvalue weighted by molar-refractivity contribution is 6.24. The van der Waals surface area contributed by atoms with Gasteiger partial charge in [0.15, 0.2) is 0 Å². The van der Waals surface area contributed by atoms with Crippen LogP contribution in [0.5, 0.6) is 0 Å². The second kappa shape index (κ2) is 2.06. The molecule has 4 rings (SSSR count). The zero-order valence-electron chi connectivity index (χ0n) is 7.05. The van der Waals surface area contributed by atoms with Gasteiger partial charge in [-0.25, -0.2) is 0 Å². The van der Waals surface area contributed by atoms with Crippen LogP contribution in [-0.4, -0.2) is 10.7 Å². The van der Waals surface area contributed by atoms with Crippen LogP contribution < -0.4 is 0 Å². The van der Waals surface area contributed by atoms with E-state index in [1.165, 1.54) is 6.42 Å². The summed E-state index contributed by atoms with van der Waals surface area (Å²) in [6.07, 6.45) is 5.41. The van der Waals surface area contributed by atoms with Crippen LogP contribution in [0, 0.1) is 17.8 Å². The molecule has 0 amide bonds. The van der Waals surface area contributed by atoms with Crippen molar-refractivity contribution >= 4 is 17.4 Å². The van der Waals surface area contributed by atoms with Crippen LogP contribution in [0.4, 0.5) is 0 Å². The summed E-state index contributed by atoms with van der Waals surface area (Å²) >= 11 is 6.44. The molecule has 4 fully saturated rings. The average molecular weight is 185 g/mol.